The fourth-order valence-electron chi connectivity index (χ4n) is 3.49. The van der Waals surface area contributed by atoms with Gasteiger partial charge in [-0.1, -0.05) is 41.9 Å². The second kappa shape index (κ2) is 5.80. The van der Waals surface area contributed by atoms with Gasteiger partial charge in [0.15, 0.2) is 23.0 Å². The third kappa shape index (κ3) is 2.66. The summed E-state index contributed by atoms with van der Waals surface area (Å²) in [4.78, 5) is 2.38. The quantitative estimate of drug-likeness (QED) is 0.459. The molecule has 0 saturated heterocycles. The van der Waals surface area contributed by atoms with Gasteiger partial charge in [-0.2, -0.15) is 0 Å². The van der Waals surface area contributed by atoms with Crippen LogP contribution in [0.1, 0.15) is 16.7 Å². The topological polar surface area (TPSA) is 21.7 Å². The highest BCUT2D eigenvalue weighted by Crippen LogP contribution is 2.45. The molecule has 0 saturated carbocycles. The van der Waals surface area contributed by atoms with E-state index in [1.54, 1.807) is 0 Å². The Kier molecular flexibility index (Phi) is 3.44. The van der Waals surface area contributed by atoms with Crippen molar-refractivity contribution in [1.29, 1.82) is 0 Å². The van der Waals surface area contributed by atoms with Crippen molar-refractivity contribution in [2.24, 2.45) is 0 Å². The maximum Gasteiger partial charge on any atom is 0.170 e. The van der Waals surface area contributed by atoms with Crippen LogP contribution in [0.3, 0.4) is 0 Å². The van der Waals surface area contributed by atoms with E-state index >= 15 is 0 Å². The first-order valence-corrected chi connectivity index (χ1v) is 8.70. The minimum absolute atomic E-state index is 0.757. The molecule has 0 aliphatic carbocycles. The van der Waals surface area contributed by atoms with Gasteiger partial charge in [-0.15, -0.1) is 0 Å². The SMILES string of the molecule is Clc1cccc2c1CN(Cc1ccc3c(c1)Oc1ccccc1O3)C2. The highest BCUT2D eigenvalue weighted by molar-refractivity contribution is 6.31. The summed E-state index contributed by atoms with van der Waals surface area (Å²) < 4.78 is 11.9. The molecule has 2 heterocycles. The normalized spacial score (nSPS) is 14.9. The first kappa shape index (κ1) is 14.8. The van der Waals surface area contributed by atoms with E-state index in [0.29, 0.717) is 0 Å². The van der Waals surface area contributed by atoms with E-state index in [2.05, 4.69) is 23.1 Å². The molecule has 25 heavy (non-hydrogen) atoms. The third-order valence-electron chi connectivity index (χ3n) is 4.69. The molecule has 3 aromatic rings. The lowest BCUT2D eigenvalue weighted by Gasteiger charge is -2.22. The summed E-state index contributed by atoms with van der Waals surface area (Å²) in [5.41, 5.74) is 3.76. The Morgan fingerprint density at radius 1 is 0.800 bits per heavy atom. The van der Waals surface area contributed by atoms with Crippen LogP contribution in [-0.2, 0) is 19.6 Å². The molecule has 0 amide bonds. The number of ether oxygens (including phenoxy) is 2. The van der Waals surface area contributed by atoms with Crippen molar-refractivity contribution >= 4 is 11.6 Å². The van der Waals surface area contributed by atoms with E-state index in [4.69, 9.17) is 21.1 Å². The van der Waals surface area contributed by atoms with E-state index in [-0.39, 0.29) is 0 Å². The molecule has 0 spiro atoms. The standard InChI is InChI=1S/C21H16ClNO2/c22-17-5-3-4-15-12-23(13-16(15)17)11-14-8-9-20-21(10-14)25-19-7-2-1-6-18(19)24-20/h1-10H,11-13H2. The van der Waals surface area contributed by atoms with Gasteiger partial charge in [0.25, 0.3) is 0 Å². The van der Waals surface area contributed by atoms with Crippen LogP contribution in [0.2, 0.25) is 5.02 Å². The van der Waals surface area contributed by atoms with E-state index < -0.39 is 0 Å². The number of nitrogens with zero attached hydrogens (tertiary/aromatic N) is 1. The predicted molar refractivity (Wildman–Crippen MR) is 97.4 cm³/mol. The highest BCUT2D eigenvalue weighted by atomic mass is 35.5. The monoisotopic (exact) mass is 349 g/mol. The molecule has 2 aliphatic rings. The molecule has 0 unspecified atom stereocenters. The molecule has 0 radical (unpaired) electrons. The largest absolute Gasteiger partial charge is 0.450 e. The Hall–Kier alpha value is -2.49. The molecule has 0 N–H and O–H groups in total. The zero-order chi connectivity index (χ0) is 16.8. The maximum absolute atomic E-state index is 6.32. The minimum atomic E-state index is 0.757. The van der Waals surface area contributed by atoms with Gasteiger partial charge in [0.1, 0.15) is 0 Å². The molecule has 4 heteroatoms. The van der Waals surface area contributed by atoms with Gasteiger partial charge in [-0.25, -0.2) is 0 Å². The van der Waals surface area contributed by atoms with Crippen molar-refractivity contribution < 1.29 is 9.47 Å². The molecule has 2 aliphatic heterocycles. The van der Waals surface area contributed by atoms with Gasteiger partial charge in [-0.3, -0.25) is 4.90 Å². The lowest BCUT2D eigenvalue weighted by atomic mass is 10.1. The van der Waals surface area contributed by atoms with Crippen molar-refractivity contribution in [3.8, 4) is 23.0 Å². The van der Waals surface area contributed by atoms with Crippen molar-refractivity contribution in [1.82, 2.24) is 4.90 Å². The van der Waals surface area contributed by atoms with Gasteiger partial charge in [0.05, 0.1) is 0 Å². The van der Waals surface area contributed by atoms with Gasteiger partial charge in [0, 0.05) is 24.7 Å². The molecule has 0 bridgehead atoms. The summed E-state index contributed by atoms with van der Waals surface area (Å²) in [6.45, 7) is 2.66. The van der Waals surface area contributed by atoms with E-state index in [1.807, 2.05) is 42.5 Å². The molecule has 124 valence electrons. The summed E-state index contributed by atoms with van der Waals surface area (Å²) in [7, 11) is 0. The summed E-state index contributed by atoms with van der Waals surface area (Å²) in [6.07, 6.45) is 0. The van der Waals surface area contributed by atoms with Gasteiger partial charge < -0.3 is 9.47 Å². The Balaban J connectivity index is 1.37. The molecule has 0 aromatic heterocycles. The van der Waals surface area contributed by atoms with Crippen LogP contribution in [0, 0.1) is 0 Å². The number of fused-ring (bicyclic) bond motifs is 3. The lowest BCUT2D eigenvalue weighted by Crippen LogP contribution is -2.15. The molecular formula is C21H16ClNO2. The van der Waals surface area contributed by atoms with Crippen LogP contribution in [0.5, 0.6) is 23.0 Å². The highest BCUT2D eigenvalue weighted by Gasteiger charge is 2.22. The van der Waals surface area contributed by atoms with Gasteiger partial charge in [0.2, 0.25) is 0 Å². The second-order valence-corrected chi connectivity index (χ2v) is 6.86. The number of para-hydroxylation sites is 2. The first-order valence-electron chi connectivity index (χ1n) is 8.32. The maximum atomic E-state index is 6.32. The average Bonchev–Trinajstić information content (AvgIpc) is 3.04. The van der Waals surface area contributed by atoms with Crippen LogP contribution >= 0.6 is 11.6 Å². The zero-order valence-corrected chi connectivity index (χ0v) is 14.3. The summed E-state index contributed by atoms with van der Waals surface area (Å²) in [6, 6.07) is 20.0. The van der Waals surface area contributed by atoms with E-state index in [0.717, 1.165) is 47.7 Å². The van der Waals surface area contributed by atoms with Gasteiger partial charge in [-0.05, 0) is 47.0 Å². The molecule has 0 atom stereocenters. The minimum Gasteiger partial charge on any atom is -0.450 e. The Morgan fingerprint density at radius 3 is 2.36 bits per heavy atom. The van der Waals surface area contributed by atoms with Crippen LogP contribution in [0.15, 0.2) is 60.7 Å². The zero-order valence-electron chi connectivity index (χ0n) is 13.5. The second-order valence-electron chi connectivity index (χ2n) is 6.45. The van der Waals surface area contributed by atoms with Crippen molar-refractivity contribution in [2.45, 2.75) is 19.6 Å². The number of benzene rings is 3. The van der Waals surface area contributed by atoms with Crippen molar-refractivity contribution in [3.63, 3.8) is 0 Å². The smallest absolute Gasteiger partial charge is 0.170 e. The van der Waals surface area contributed by atoms with Crippen molar-refractivity contribution in [3.05, 3.63) is 82.4 Å². The van der Waals surface area contributed by atoms with Gasteiger partial charge >= 0.3 is 0 Å². The van der Waals surface area contributed by atoms with E-state index in [9.17, 15) is 0 Å². The molecule has 0 fully saturated rings. The molecular weight excluding hydrogens is 334 g/mol. The number of hydrogen-bond donors (Lipinski definition) is 0. The van der Waals surface area contributed by atoms with Crippen LogP contribution in [0.25, 0.3) is 0 Å². The van der Waals surface area contributed by atoms with E-state index in [1.165, 1.54) is 16.7 Å². The Labute approximate surface area is 151 Å². The van der Waals surface area contributed by atoms with Crippen LogP contribution in [0.4, 0.5) is 0 Å². The predicted octanol–water partition coefficient (Wildman–Crippen LogP) is 5.75. The molecule has 3 aromatic carbocycles. The van der Waals surface area contributed by atoms with Crippen LogP contribution < -0.4 is 9.47 Å². The fourth-order valence-corrected chi connectivity index (χ4v) is 3.74. The summed E-state index contributed by atoms with van der Waals surface area (Å²) >= 11 is 6.32. The summed E-state index contributed by atoms with van der Waals surface area (Å²) in [5.74, 6) is 3.04. The van der Waals surface area contributed by atoms with Crippen molar-refractivity contribution in [2.75, 3.05) is 0 Å². The number of hydrogen-bond acceptors (Lipinski definition) is 3. The fraction of sp³-hybridized carbons (Fsp3) is 0.143. The van der Waals surface area contributed by atoms with Crippen LogP contribution in [-0.4, -0.2) is 4.90 Å². The average molecular weight is 350 g/mol. The third-order valence-corrected chi connectivity index (χ3v) is 5.05. The molecule has 3 nitrogen and oxygen atoms in total. The number of rotatable bonds is 2. The first-order chi connectivity index (χ1) is 12.3. The lowest BCUT2D eigenvalue weighted by molar-refractivity contribution is 0.274. The summed E-state index contributed by atoms with van der Waals surface area (Å²) in [5, 5.41) is 0.860. The Bertz CT molecular complexity index is 970. The number of halogens is 1. The molecule has 5 rings (SSSR count). The Morgan fingerprint density at radius 2 is 1.56 bits per heavy atom.